The van der Waals surface area contributed by atoms with Gasteiger partial charge >= 0.3 is 0 Å². The van der Waals surface area contributed by atoms with Crippen molar-refractivity contribution in [1.82, 2.24) is 5.32 Å². The Labute approximate surface area is 120 Å². The van der Waals surface area contributed by atoms with Gasteiger partial charge in [0.15, 0.2) is 12.4 Å². The lowest BCUT2D eigenvalue weighted by Crippen LogP contribution is -2.37. The summed E-state index contributed by atoms with van der Waals surface area (Å²) >= 11 is 0. The number of benzene rings is 1. The fourth-order valence-corrected chi connectivity index (χ4v) is 1.66. The first-order valence-corrected chi connectivity index (χ1v) is 6.69. The van der Waals surface area contributed by atoms with Crippen molar-refractivity contribution in [2.45, 2.75) is 34.6 Å². The van der Waals surface area contributed by atoms with E-state index >= 15 is 0 Å². The molecule has 110 valence electrons. The minimum Gasteiger partial charge on any atom is -0.484 e. The molecule has 0 aliphatic heterocycles. The average Bonchev–Trinajstić information content (AvgIpc) is 2.31. The second-order valence-corrected chi connectivity index (χ2v) is 6.06. The summed E-state index contributed by atoms with van der Waals surface area (Å²) in [7, 11) is 0. The van der Waals surface area contributed by atoms with Crippen LogP contribution in [0, 0.1) is 19.3 Å². The van der Waals surface area contributed by atoms with E-state index in [1.54, 1.807) is 0 Å². The number of Topliss-reactive ketones (excluding diaryl/α,β-unsaturated/α-hetero) is 1. The molecule has 0 fully saturated rings. The van der Waals surface area contributed by atoms with Crippen molar-refractivity contribution in [3.8, 4) is 5.75 Å². The van der Waals surface area contributed by atoms with E-state index in [0.717, 1.165) is 11.1 Å². The Bertz CT molecular complexity index is 481. The topological polar surface area (TPSA) is 55.4 Å². The predicted molar refractivity (Wildman–Crippen MR) is 78.9 cm³/mol. The highest BCUT2D eigenvalue weighted by Crippen LogP contribution is 2.16. The Kier molecular flexibility index (Phi) is 5.31. The Morgan fingerprint density at radius 3 is 2.15 bits per heavy atom. The number of rotatable bonds is 5. The van der Waals surface area contributed by atoms with E-state index in [9.17, 15) is 9.59 Å². The second kappa shape index (κ2) is 6.55. The van der Waals surface area contributed by atoms with Gasteiger partial charge in [-0.1, -0.05) is 26.8 Å². The van der Waals surface area contributed by atoms with Crippen molar-refractivity contribution in [1.29, 1.82) is 0 Å². The molecule has 1 aromatic carbocycles. The average molecular weight is 277 g/mol. The van der Waals surface area contributed by atoms with Crippen LogP contribution >= 0.6 is 0 Å². The number of amides is 1. The van der Waals surface area contributed by atoms with E-state index in [-0.39, 0.29) is 24.8 Å². The van der Waals surface area contributed by atoms with Gasteiger partial charge in [-0.2, -0.15) is 0 Å². The largest absolute Gasteiger partial charge is 0.484 e. The highest BCUT2D eigenvalue weighted by molar-refractivity contribution is 5.89. The highest BCUT2D eigenvalue weighted by Gasteiger charge is 2.21. The molecule has 0 saturated heterocycles. The normalized spacial score (nSPS) is 11.1. The van der Waals surface area contributed by atoms with Crippen LogP contribution in [-0.2, 0) is 9.59 Å². The van der Waals surface area contributed by atoms with Gasteiger partial charge in [0.05, 0.1) is 6.54 Å². The molecule has 1 rings (SSSR count). The van der Waals surface area contributed by atoms with Gasteiger partial charge < -0.3 is 10.1 Å². The van der Waals surface area contributed by atoms with Crippen LogP contribution in [0.25, 0.3) is 0 Å². The van der Waals surface area contributed by atoms with E-state index in [0.29, 0.717) is 5.75 Å². The van der Waals surface area contributed by atoms with Crippen LogP contribution in [0.15, 0.2) is 18.2 Å². The molecule has 0 bridgehead atoms. The zero-order valence-electron chi connectivity index (χ0n) is 12.9. The number of carbonyl (C=O) groups excluding carboxylic acids is 2. The molecule has 4 nitrogen and oxygen atoms in total. The minimum absolute atomic E-state index is 0.00255. The zero-order chi connectivity index (χ0) is 15.3. The van der Waals surface area contributed by atoms with Crippen LogP contribution in [0.2, 0.25) is 0 Å². The lowest BCUT2D eigenvalue weighted by Gasteiger charge is -2.16. The summed E-state index contributed by atoms with van der Waals surface area (Å²) in [5.74, 6) is 0.374. The fourth-order valence-electron chi connectivity index (χ4n) is 1.66. The maximum Gasteiger partial charge on any atom is 0.258 e. The number of hydrogen-bond donors (Lipinski definition) is 1. The lowest BCUT2D eigenvalue weighted by molar-refractivity contribution is -0.129. The van der Waals surface area contributed by atoms with Gasteiger partial charge in [0.1, 0.15) is 5.75 Å². The Morgan fingerprint density at radius 1 is 1.10 bits per heavy atom. The fraction of sp³-hybridized carbons (Fsp3) is 0.500. The second-order valence-electron chi connectivity index (χ2n) is 6.06. The van der Waals surface area contributed by atoms with Crippen molar-refractivity contribution in [3.63, 3.8) is 0 Å². The molecule has 0 spiro atoms. The predicted octanol–water partition coefficient (Wildman–Crippen LogP) is 2.41. The smallest absolute Gasteiger partial charge is 0.258 e. The third-order valence-electron chi connectivity index (χ3n) is 2.85. The lowest BCUT2D eigenvalue weighted by atomic mass is 9.91. The monoisotopic (exact) mass is 277 g/mol. The maximum atomic E-state index is 11.7. The summed E-state index contributed by atoms with van der Waals surface area (Å²) in [4.78, 5) is 23.3. The molecule has 0 heterocycles. The summed E-state index contributed by atoms with van der Waals surface area (Å²) in [5.41, 5.74) is 1.73. The van der Waals surface area contributed by atoms with Crippen LogP contribution in [-0.4, -0.2) is 24.8 Å². The quantitative estimate of drug-likeness (QED) is 0.899. The first-order valence-electron chi connectivity index (χ1n) is 6.69. The third-order valence-corrected chi connectivity index (χ3v) is 2.85. The standard InChI is InChI=1S/C16H23NO3/c1-11-6-12(2)8-13(7-11)20-10-15(19)17-9-14(18)16(3,4)5/h6-8H,9-10H2,1-5H3,(H,17,19). The van der Waals surface area contributed by atoms with Gasteiger partial charge in [-0.15, -0.1) is 0 Å². The van der Waals surface area contributed by atoms with Crippen LogP contribution in [0.4, 0.5) is 0 Å². The number of aryl methyl sites for hydroxylation is 2. The van der Waals surface area contributed by atoms with Gasteiger partial charge in [0.25, 0.3) is 5.91 Å². The molecular formula is C16H23NO3. The van der Waals surface area contributed by atoms with E-state index in [4.69, 9.17) is 4.74 Å². The Hall–Kier alpha value is -1.84. The van der Waals surface area contributed by atoms with Gasteiger partial charge in [0, 0.05) is 5.41 Å². The van der Waals surface area contributed by atoms with Gasteiger partial charge in [-0.25, -0.2) is 0 Å². The summed E-state index contributed by atoms with van der Waals surface area (Å²) in [6.45, 7) is 9.39. The molecule has 0 unspecified atom stereocenters. The van der Waals surface area contributed by atoms with Crippen molar-refractivity contribution in [2.75, 3.05) is 13.2 Å². The Morgan fingerprint density at radius 2 is 1.65 bits per heavy atom. The summed E-state index contributed by atoms with van der Waals surface area (Å²) in [6, 6.07) is 5.79. The molecule has 0 atom stereocenters. The summed E-state index contributed by atoms with van der Waals surface area (Å²) in [5, 5.41) is 2.57. The first-order chi connectivity index (χ1) is 9.18. The van der Waals surface area contributed by atoms with E-state index < -0.39 is 5.41 Å². The van der Waals surface area contributed by atoms with E-state index in [1.165, 1.54) is 0 Å². The molecule has 1 amide bonds. The number of nitrogens with one attached hydrogen (secondary N) is 1. The molecule has 0 aliphatic carbocycles. The minimum atomic E-state index is -0.443. The molecule has 0 saturated carbocycles. The summed E-state index contributed by atoms with van der Waals surface area (Å²) < 4.78 is 5.42. The maximum absolute atomic E-state index is 11.7. The highest BCUT2D eigenvalue weighted by atomic mass is 16.5. The van der Waals surface area contributed by atoms with Gasteiger partial charge in [0.2, 0.25) is 0 Å². The molecule has 0 aromatic heterocycles. The number of hydrogen-bond acceptors (Lipinski definition) is 3. The Balaban J connectivity index is 2.42. The zero-order valence-corrected chi connectivity index (χ0v) is 12.9. The molecule has 1 N–H and O–H groups in total. The van der Waals surface area contributed by atoms with Crippen molar-refractivity contribution >= 4 is 11.7 Å². The van der Waals surface area contributed by atoms with Crippen LogP contribution in [0.1, 0.15) is 31.9 Å². The van der Waals surface area contributed by atoms with Gasteiger partial charge in [-0.3, -0.25) is 9.59 Å². The first kappa shape index (κ1) is 16.2. The number of ketones is 1. The summed E-state index contributed by atoms with van der Waals surface area (Å²) in [6.07, 6.45) is 0. The number of ether oxygens (including phenoxy) is 1. The van der Waals surface area contributed by atoms with E-state index in [1.807, 2.05) is 52.8 Å². The van der Waals surface area contributed by atoms with Crippen molar-refractivity contribution < 1.29 is 14.3 Å². The van der Waals surface area contributed by atoms with Crippen LogP contribution in [0.3, 0.4) is 0 Å². The van der Waals surface area contributed by atoms with Crippen LogP contribution in [0.5, 0.6) is 5.75 Å². The molecular weight excluding hydrogens is 254 g/mol. The van der Waals surface area contributed by atoms with Gasteiger partial charge in [-0.05, 0) is 37.1 Å². The van der Waals surface area contributed by atoms with E-state index in [2.05, 4.69) is 5.32 Å². The molecule has 4 heteroatoms. The molecule has 0 radical (unpaired) electrons. The molecule has 1 aromatic rings. The van der Waals surface area contributed by atoms with Crippen molar-refractivity contribution in [3.05, 3.63) is 29.3 Å². The van der Waals surface area contributed by atoms with Crippen molar-refractivity contribution in [2.24, 2.45) is 5.41 Å². The number of carbonyl (C=O) groups is 2. The molecule has 0 aliphatic rings. The third kappa shape index (κ3) is 5.43. The SMILES string of the molecule is Cc1cc(C)cc(OCC(=O)NCC(=O)C(C)(C)C)c1. The molecule has 20 heavy (non-hydrogen) atoms. The van der Waals surface area contributed by atoms with Crippen LogP contribution < -0.4 is 10.1 Å².